The Morgan fingerprint density at radius 2 is 1.96 bits per heavy atom. The maximum atomic E-state index is 13.1. The number of hydrogen-bond donors (Lipinski definition) is 1. The summed E-state index contributed by atoms with van der Waals surface area (Å²) < 4.78 is 6.33. The van der Waals surface area contributed by atoms with E-state index < -0.39 is 5.54 Å². The molecule has 0 bridgehead atoms. The van der Waals surface area contributed by atoms with Gasteiger partial charge in [-0.1, -0.05) is 24.3 Å². The molecule has 0 radical (unpaired) electrons. The number of amides is 1. The first kappa shape index (κ1) is 18.9. The van der Waals surface area contributed by atoms with Gasteiger partial charge < -0.3 is 10.1 Å². The molecule has 1 aliphatic heterocycles. The Bertz CT molecular complexity index is 805. The van der Waals surface area contributed by atoms with E-state index in [-0.39, 0.29) is 5.91 Å². The number of carbonyl (C=O) groups excluding carboxylic acids is 1. The second-order valence-electron chi connectivity index (χ2n) is 7.81. The van der Waals surface area contributed by atoms with Gasteiger partial charge in [0.15, 0.2) is 0 Å². The van der Waals surface area contributed by atoms with E-state index in [1.54, 1.807) is 13.2 Å². The molecular formula is C23H29N3O2. The van der Waals surface area contributed by atoms with Gasteiger partial charge in [-0.15, -0.1) is 0 Å². The highest BCUT2D eigenvalue weighted by atomic mass is 16.5. The zero-order valence-corrected chi connectivity index (χ0v) is 16.6. The zero-order valence-electron chi connectivity index (χ0n) is 16.6. The van der Waals surface area contributed by atoms with Crippen LogP contribution in [0.25, 0.3) is 0 Å². The summed E-state index contributed by atoms with van der Waals surface area (Å²) in [6, 6.07) is 14.1. The normalized spacial score (nSPS) is 23.0. The molecule has 1 atom stereocenters. The molecule has 1 aromatic carbocycles. The van der Waals surface area contributed by atoms with Crippen molar-refractivity contribution in [2.75, 3.05) is 13.6 Å². The van der Waals surface area contributed by atoms with Crippen LogP contribution in [0.5, 0.6) is 5.75 Å². The van der Waals surface area contributed by atoms with Crippen LogP contribution in [0.1, 0.15) is 49.8 Å². The van der Waals surface area contributed by atoms with E-state index in [1.165, 1.54) is 12.8 Å². The van der Waals surface area contributed by atoms with Crippen molar-refractivity contribution in [3.63, 3.8) is 0 Å². The Hall–Kier alpha value is -2.40. The fraction of sp³-hybridized carbons (Fsp3) is 0.478. The highest BCUT2D eigenvalue weighted by molar-refractivity contribution is 5.87. The fourth-order valence-electron chi connectivity index (χ4n) is 4.71. The van der Waals surface area contributed by atoms with Crippen molar-refractivity contribution in [1.29, 1.82) is 0 Å². The summed E-state index contributed by atoms with van der Waals surface area (Å²) in [5.74, 6) is 0.964. The summed E-state index contributed by atoms with van der Waals surface area (Å²) in [6.45, 7) is 1.54. The van der Waals surface area contributed by atoms with Gasteiger partial charge in [0.05, 0.1) is 11.8 Å². The Morgan fingerprint density at radius 1 is 1.18 bits per heavy atom. The van der Waals surface area contributed by atoms with Crippen LogP contribution in [0.2, 0.25) is 0 Å². The average molecular weight is 380 g/mol. The molecule has 1 unspecified atom stereocenters. The number of ether oxygens (including phenoxy) is 1. The highest BCUT2D eigenvalue weighted by Crippen LogP contribution is 2.40. The van der Waals surface area contributed by atoms with Crippen LogP contribution < -0.4 is 10.1 Å². The number of aromatic nitrogens is 1. The third-order valence-electron chi connectivity index (χ3n) is 6.13. The average Bonchev–Trinajstić information content (AvgIpc) is 3.40. The second kappa shape index (κ2) is 8.31. The first-order valence-corrected chi connectivity index (χ1v) is 10.4. The lowest BCUT2D eigenvalue weighted by atomic mass is 9.89. The van der Waals surface area contributed by atoms with Crippen LogP contribution in [-0.4, -0.2) is 35.5 Å². The van der Waals surface area contributed by atoms with E-state index >= 15 is 0 Å². The molecule has 4 rings (SSSR count). The molecular weight excluding hydrogens is 350 g/mol. The van der Waals surface area contributed by atoms with E-state index in [4.69, 9.17) is 4.74 Å². The first-order valence-electron chi connectivity index (χ1n) is 10.4. The number of likely N-dealkylation sites (tertiary alicyclic amines) is 1. The number of rotatable bonds is 6. The molecule has 1 aromatic heterocycles. The molecule has 1 saturated heterocycles. The first-order chi connectivity index (χ1) is 13.7. The molecule has 2 heterocycles. The smallest absolute Gasteiger partial charge is 0.246 e. The Labute approximate surface area is 167 Å². The van der Waals surface area contributed by atoms with Crippen molar-refractivity contribution in [2.24, 2.45) is 0 Å². The lowest BCUT2D eigenvalue weighted by Gasteiger charge is -2.36. The number of nitrogens with one attached hydrogen (secondary N) is 1. The molecule has 28 heavy (non-hydrogen) atoms. The number of para-hydroxylation sites is 1. The zero-order chi connectivity index (χ0) is 19.4. The summed E-state index contributed by atoms with van der Waals surface area (Å²) >= 11 is 0. The molecule has 1 aliphatic carbocycles. The molecule has 1 N–H and O–H groups in total. The molecule has 2 aliphatic rings. The molecule has 0 spiro atoms. The number of nitrogens with zero attached hydrogens (tertiary/aromatic N) is 2. The summed E-state index contributed by atoms with van der Waals surface area (Å²) in [7, 11) is 1.71. The highest BCUT2D eigenvalue weighted by Gasteiger charge is 2.49. The lowest BCUT2D eigenvalue weighted by molar-refractivity contribution is -0.132. The number of likely N-dealkylation sites (N-methyl/N-ethyl adjacent to an activating group) is 1. The minimum absolute atomic E-state index is 0.0119. The van der Waals surface area contributed by atoms with Crippen molar-refractivity contribution in [3.05, 3.63) is 59.9 Å². The van der Waals surface area contributed by atoms with Gasteiger partial charge in [-0.25, -0.2) is 0 Å². The minimum Gasteiger partial charge on any atom is -0.490 e. The molecule has 1 saturated carbocycles. The maximum absolute atomic E-state index is 13.1. The Morgan fingerprint density at radius 3 is 2.71 bits per heavy atom. The molecule has 5 heteroatoms. The summed E-state index contributed by atoms with van der Waals surface area (Å²) in [5.41, 5.74) is 1.23. The van der Waals surface area contributed by atoms with Crippen LogP contribution in [0, 0.1) is 0 Å². The van der Waals surface area contributed by atoms with Crippen LogP contribution >= 0.6 is 0 Å². The quantitative estimate of drug-likeness (QED) is 0.833. The SMILES string of the molecule is CNC(=O)C1(c2ccccn2)CCCN1Cc1ccccc1OC1CCCC1. The number of pyridine rings is 1. The largest absolute Gasteiger partial charge is 0.490 e. The van der Waals surface area contributed by atoms with Crippen LogP contribution in [-0.2, 0) is 16.9 Å². The third kappa shape index (κ3) is 3.51. The maximum Gasteiger partial charge on any atom is 0.246 e. The predicted octanol–water partition coefficient (Wildman–Crippen LogP) is 3.64. The Balaban J connectivity index is 1.64. The minimum atomic E-state index is -0.726. The van der Waals surface area contributed by atoms with Crippen molar-refractivity contribution >= 4 is 5.91 Å². The van der Waals surface area contributed by atoms with Crippen LogP contribution in [0.4, 0.5) is 0 Å². The van der Waals surface area contributed by atoms with Gasteiger partial charge in [0.1, 0.15) is 11.3 Å². The van der Waals surface area contributed by atoms with Crippen molar-refractivity contribution in [1.82, 2.24) is 15.2 Å². The molecule has 2 fully saturated rings. The lowest BCUT2D eigenvalue weighted by Crippen LogP contribution is -2.52. The topological polar surface area (TPSA) is 54.5 Å². The van der Waals surface area contributed by atoms with E-state index in [2.05, 4.69) is 33.4 Å². The van der Waals surface area contributed by atoms with Gasteiger partial charge >= 0.3 is 0 Å². The fourth-order valence-corrected chi connectivity index (χ4v) is 4.71. The predicted molar refractivity (Wildman–Crippen MR) is 109 cm³/mol. The molecule has 148 valence electrons. The van der Waals surface area contributed by atoms with E-state index in [0.29, 0.717) is 12.6 Å². The summed E-state index contributed by atoms with van der Waals surface area (Å²) in [6.07, 6.45) is 8.59. The standard InChI is InChI=1S/C23H29N3O2/c1-24-22(27)23(21-13-6-7-15-25-21)14-8-16-26(23)17-18-9-2-5-12-20(18)28-19-10-3-4-11-19/h2,5-7,9,12-13,15,19H,3-4,8,10-11,14,16-17H2,1H3,(H,24,27). The molecule has 1 amide bonds. The molecule has 5 nitrogen and oxygen atoms in total. The number of carbonyl (C=O) groups is 1. The second-order valence-corrected chi connectivity index (χ2v) is 7.81. The van der Waals surface area contributed by atoms with Crippen LogP contribution in [0.15, 0.2) is 48.7 Å². The van der Waals surface area contributed by atoms with Crippen molar-refractivity contribution in [2.45, 2.75) is 56.7 Å². The van der Waals surface area contributed by atoms with E-state index in [1.807, 2.05) is 24.3 Å². The van der Waals surface area contributed by atoms with Gasteiger partial charge in [0, 0.05) is 25.4 Å². The van der Waals surface area contributed by atoms with Gasteiger partial charge in [-0.05, 0) is 63.3 Å². The molecule has 2 aromatic rings. The monoisotopic (exact) mass is 379 g/mol. The summed E-state index contributed by atoms with van der Waals surface area (Å²) in [5, 5.41) is 2.88. The number of hydrogen-bond acceptors (Lipinski definition) is 4. The van der Waals surface area contributed by atoms with Crippen molar-refractivity contribution < 1.29 is 9.53 Å². The third-order valence-corrected chi connectivity index (χ3v) is 6.13. The van der Waals surface area contributed by atoms with Gasteiger partial charge in [-0.3, -0.25) is 14.7 Å². The van der Waals surface area contributed by atoms with Crippen molar-refractivity contribution in [3.8, 4) is 5.75 Å². The van der Waals surface area contributed by atoms with Crippen LogP contribution in [0.3, 0.4) is 0 Å². The van der Waals surface area contributed by atoms with Gasteiger partial charge in [0.2, 0.25) is 5.91 Å². The van der Waals surface area contributed by atoms with Gasteiger partial charge in [0.25, 0.3) is 0 Å². The number of benzene rings is 1. The summed E-state index contributed by atoms with van der Waals surface area (Å²) in [4.78, 5) is 19.9. The van der Waals surface area contributed by atoms with E-state index in [0.717, 1.165) is 49.2 Å². The van der Waals surface area contributed by atoms with E-state index in [9.17, 15) is 4.79 Å². The van der Waals surface area contributed by atoms with Gasteiger partial charge in [-0.2, -0.15) is 0 Å². The Kier molecular flexibility index (Phi) is 5.62.